The van der Waals surface area contributed by atoms with Crippen LogP contribution in [0.4, 0.5) is 4.79 Å². The molecule has 1 aromatic carbocycles. The zero-order chi connectivity index (χ0) is 26.3. The highest BCUT2D eigenvalue weighted by molar-refractivity contribution is 6.20. The number of aromatic hydroxyl groups is 1. The van der Waals surface area contributed by atoms with Crippen LogP contribution < -0.4 is 25.5 Å². The zero-order valence-corrected chi connectivity index (χ0v) is 20.3. The first-order valence-electron chi connectivity index (χ1n) is 11.1. The van der Waals surface area contributed by atoms with E-state index in [1.54, 1.807) is 6.07 Å². The molecule has 1 unspecified atom stereocenters. The van der Waals surface area contributed by atoms with E-state index in [2.05, 4.69) is 0 Å². The summed E-state index contributed by atoms with van der Waals surface area (Å²) in [6.07, 6.45) is 0.109. The SMILES string of the molecule is COc1c2c(cc3c1C(c1c(O)n(C)c(=O)n(C)c1=O)C1(CC3)C(=O)N(C)C(=O)N(C)C1=O)OCO2. The predicted octanol–water partition coefficient (Wildman–Crippen LogP) is -0.358. The quantitative estimate of drug-likeness (QED) is 0.546. The lowest BCUT2D eigenvalue weighted by Gasteiger charge is -2.48. The molecule has 1 fully saturated rings. The van der Waals surface area contributed by atoms with Crippen LogP contribution in [0.1, 0.15) is 29.0 Å². The van der Waals surface area contributed by atoms with E-state index in [-0.39, 0.29) is 42.3 Å². The minimum absolute atomic E-state index is 0.0848. The van der Waals surface area contributed by atoms with Crippen LogP contribution in [0.2, 0.25) is 0 Å². The number of aromatic nitrogens is 2. The third-order valence-electron chi connectivity index (χ3n) is 7.42. The van der Waals surface area contributed by atoms with E-state index in [0.29, 0.717) is 11.3 Å². The van der Waals surface area contributed by atoms with E-state index in [1.165, 1.54) is 35.3 Å². The lowest BCUT2D eigenvalue weighted by atomic mass is 9.59. The average molecular weight is 500 g/mol. The minimum atomic E-state index is -1.99. The van der Waals surface area contributed by atoms with Gasteiger partial charge in [-0.3, -0.25) is 33.3 Å². The molecule has 3 heterocycles. The molecule has 1 aliphatic carbocycles. The Balaban J connectivity index is 1.96. The van der Waals surface area contributed by atoms with Crippen molar-refractivity contribution in [2.45, 2.75) is 18.8 Å². The Hall–Kier alpha value is -4.29. The number of amides is 4. The van der Waals surface area contributed by atoms with E-state index in [4.69, 9.17) is 14.2 Å². The topological polar surface area (TPSA) is 150 Å². The molecule has 13 heteroatoms. The predicted molar refractivity (Wildman–Crippen MR) is 121 cm³/mol. The third-order valence-corrected chi connectivity index (χ3v) is 7.42. The Morgan fingerprint density at radius 1 is 0.972 bits per heavy atom. The molecule has 5 rings (SSSR count). The van der Waals surface area contributed by atoms with Gasteiger partial charge < -0.3 is 19.3 Å². The molecule has 4 amide bonds. The lowest BCUT2D eigenvalue weighted by molar-refractivity contribution is -0.159. The van der Waals surface area contributed by atoms with Crippen molar-refractivity contribution < 1.29 is 33.7 Å². The van der Waals surface area contributed by atoms with E-state index in [1.807, 2.05) is 0 Å². The highest BCUT2D eigenvalue weighted by atomic mass is 16.7. The summed E-state index contributed by atoms with van der Waals surface area (Å²) in [5.74, 6) is -3.06. The molecule has 1 aromatic heterocycles. The normalized spacial score (nSPS) is 20.2. The van der Waals surface area contributed by atoms with Gasteiger partial charge >= 0.3 is 11.7 Å². The molecule has 1 saturated heterocycles. The maximum atomic E-state index is 13.9. The maximum absolute atomic E-state index is 13.9. The molecule has 3 aliphatic rings. The Morgan fingerprint density at radius 3 is 2.22 bits per heavy atom. The van der Waals surface area contributed by atoms with Gasteiger partial charge in [-0.1, -0.05) is 0 Å². The van der Waals surface area contributed by atoms with Gasteiger partial charge in [0.2, 0.25) is 30.2 Å². The van der Waals surface area contributed by atoms with E-state index in [9.17, 15) is 29.1 Å². The van der Waals surface area contributed by atoms with Crippen molar-refractivity contribution in [1.82, 2.24) is 18.9 Å². The fourth-order valence-electron chi connectivity index (χ4n) is 5.58. The van der Waals surface area contributed by atoms with Crippen LogP contribution in [0.25, 0.3) is 0 Å². The second-order valence-corrected chi connectivity index (χ2v) is 9.07. The van der Waals surface area contributed by atoms with Crippen molar-refractivity contribution in [2.75, 3.05) is 28.0 Å². The van der Waals surface area contributed by atoms with Crippen LogP contribution in [-0.4, -0.2) is 69.9 Å². The van der Waals surface area contributed by atoms with Crippen molar-refractivity contribution in [3.05, 3.63) is 43.6 Å². The number of nitrogens with zero attached hydrogens (tertiary/aromatic N) is 4. The average Bonchev–Trinajstić information content (AvgIpc) is 3.35. The molecule has 1 atom stereocenters. The number of fused-ring (bicyclic) bond motifs is 2. The number of methoxy groups -OCH3 is 1. The number of carbonyl (C=O) groups is 3. The highest BCUT2D eigenvalue weighted by Gasteiger charge is 2.64. The van der Waals surface area contributed by atoms with Crippen LogP contribution in [0.5, 0.6) is 23.1 Å². The first-order chi connectivity index (χ1) is 17.0. The first-order valence-corrected chi connectivity index (χ1v) is 11.1. The molecule has 1 N–H and O–H groups in total. The van der Waals surface area contributed by atoms with Crippen LogP contribution in [0.15, 0.2) is 15.7 Å². The minimum Gasteiger partial charge on any atom is -0.494 e. The number of imide groups is 2. The van der Waals surface area contributed by atoms with Crippen molar-refractivity contribution in [1.29, 1.82) is 0 Å². The summed E-state index contributed by atoms with van der Waals surface area (Å²) in [5, 5.41) is 11.1. The third kappa shape index (κ3) is 2.67. The van der Waals surface area contributed by atoms with Gasteiger partial charge in [0.1, 0.15) is 5.41 Å². The molecule has 190 valence electrons. The number of carbonyl (C=O) groups excluding carboxylic acids is 3. The molecule has 0 radical (unpaired) electrons. The summed E-state index contributed by atoms with van der Waals surface area (Å²) >= 11 is 0. The van der Waals surface area contributed by atoms with Crippen LogP contribution in [-0.2, 0) is 30.1 Å². The van der Waals surface area contributed by atoms with Crippen LogP contribution in [0, 0.1) is 5.41 Å². The first kappa shape index (κ1) is 23.5. The van der Waals surface area contributed by atoms with Crippen molar-refractivity contribution >= 4 is 17.8 Å². The van der Waals surface area contributed by atoms with Gasteiger partial charge in [-0.05, 0) is 24.5 Å². The van der Waals surface area contributed by atoms with Gasteiger partial charge in [-0.15, -0.1) is 0 Å². The van der Waals surface area contributed by atoms with Gasteiger partial charge in [-0.25, -0.2) is 9.59 Å². The van der Waals surface area contributed by atoms with E-state index in [0.717, 1.165) is 18.9 Å². The Morgan fingerprint density at radius 2 is 1.61 bits per heavy atom. The Kier molecular flexibility index (Phi) is 4.95. The highest BCUT2D eigenvalue weighted by Crippen LogP contribution is 2.59. The second kappa shape index (κ2) is 7.60. The number of urea groups is 1. The lowest BCUT2D eigenvalue weighted by Crippen LogP contribution is -2.66. The number of aryl methyl sites for hydroxylation is 1. The van der Waals surface area contributed by atoms with Gasteiger partial charge in [-0.2, -0.15) is 0 Å². The number of benzene rings is 1. The summed E-state index contributed by atoms with van der Waals surface area (Å²) < 4.78 is 18.4. The van der Waals surface area contributed by atoms with Crippen molar-refractivity contribution in [3.63, 3.8) is 0 Å². The molecule has 13 nitrogen and oxygen atoms in total. The molecular formula is C23H24N4O9. The van der Waals surface area contributed by atoms with E-state index >= 15 is 0 Å². The standard InChI is InChI=1S/C23H24N4O9/c1-24-17(28)13(18(29)25(2)21(24)32)14-12-10(8-11-15(16(12)34-5)36-9-35-11)6-7-23(14)19(30)26(3)22(33)27(4)20(23)31/h8,14,28H,6-7,9H2,1-5H3. The smallest absolute Gasteiger partial charge is 0.333 e. The number of hydrogen-bond acceptors (Lipinski definition) is 9. The van der Waals surface area contributed by atoms with Gasteiger partial charge in [0.25, 0.3) is 5.56 Å². The molecule has 0 saturated carbocycles. The number of ether oxygens (including phenoxy) is 3. The molecule has 2 aromatic rings. The summed E-state index contributed by atoms with van der Waals surface area (Å²) in [6.45, 7) is -0.0882. The van der Waals surface area contributed by atoms with Gasteiger partial charge in [0.15, 0.2) is 11.5 Å². The summed E-state index contributed by atoms with van der Waals surface area (Å²) in [5.41, 5.74) is -3.17. The Labute approximate surface area is 204 Å². The summed E-state index contributed by atoms with van der Waals surface area (Å²) in [4.78, 5) is 68.0. The number of rotatable bonds is 2. The number of hydrogen-bond donors (Lipinski definition) is 1. The molecule has 1 spiro atoms. The second-order valence-electron chi connectivity index (χ2n) is 9.07. The zero-order valence-electron chi connectivity index (χ0n) is 20.3. The van der Waals surface area contributed by atoms with Gasteiger partial charge in [0.05, 0.1) is 12.7 Å². The fraction of sp³-hybridized carbons (Fsp3) is 0.435. The monoisotopic (exact) mass is 500 g/mol. The van der Waals surface area contributed by atoms with Crippen LogP contribution >= 0.6 is 0 Å². The Bertz CT molecular complexity index is 1460. The fourth-order valence-corrected chi connectivity index (χ4v) is 5.58. The maximum Gasteiger partial charge on any atom is 0.333 e. The van der Waals surface area contributed by atoms with Crippen molar-refractivity contribution in [3.8, 4) is 23.1 Å². The largest absolute Gasteiger partial charge is 0.494 e. The van der Waals surface area contributed by atoms with E-state index < -0.39 is 46.3 Å². The molecule has 36 heavy (non-hydrogen) atoms. The summed E-state index contributed by atoms with van der Waals surface area (Å²) in [6, 6.07) is 0.857. The summed E-state index contributed by atoms with van der Waals surface area (Å²) in [7, 11) is 6.35. The van der Waals surface area contributed by atoms with Crippen molar-refractivity contribution in [2.24, 2.45) is 19.5 Å². The van der Waals surface area contributed by atoms with Crippen LogP contribution in [0.3, 0.4) is 0 Å². The number of barbiturate groups is 1. The van der Waals surface area contributed by atoms with Gasteiger partial charge in [0, 0.05) is 39.7 Å². The molecule has 0 bridgehead atoms. The molecule has 2 aliphatic heterocycles. The molecular weight excluding hydrogens is 476 g/mol.